The lowest BCUT2D eigenvalue weighted by Crippen LogP contribution is -2.36. The SMILES string of the molecule is O=C(c1c2c(nc3ccccc13)CCCCC2)N1CCCCC1. The summed E-state index contributed by atoms with van der Waals surface area (Å²) in [6, 6.07) is 8.17. The normalized spacial score (nSPS) is 18.5. The Morgan fingerprint density at radius 1 is 0.913 bits per heavy atom. The fraction of sp³-hybridized carbons (Fsp3) is 0.500. The minimum Gasteiger partial charge on any atom is -0.339 e. The molecule has 2 heterocycles. The zero-order valence-electron chi connectivity index (χ0n) is 13.7. The van der Waals surface area contributed by atoms with Crippen LogP contribution in [-0.2, 0) is 12.8 Å². The number of amides is 1. The Bertz CT molecular complexity index is 732. The molecule has 1 aromatic heterocycles. The number of para-hydroxylation sites is 1. The number of hydrogen-bond donors (Lipinski definition) is 0. The molecule has 120 valence electrons. The first kappa shape index (κ1) is 14.7. The van der Waals surface area contributed by atoms with E-state index in [1.54, 1.807) is 0 Å². The van der Waals surface area contributed by atoms with Crippen LogP contribution in [0.2, 0.25) is 0 Å². The molecule has 0 atom stereocenters. The molecule has 0 spiro atoms. The van der Waals surface area contributed by atoms with Gasteiger partial charge in [0.1, 0.15) is 0 Å². The second-order valence-corrected chi connectivity index (χ2v) is 6.84. The van der Waals surface area contributed by atoms with Crippen molar-refractivity contribution in [1.29, 1.82) is 0 Å². The molecular formula is C20H24N2O. The Morgan fingerprint density at radius 3 is 2.52 bits per heavy atom. The summed E-state index contributed by atoms with van der Waals surface area (Å²) in [5.41, 5.74) is 4.33. The van der Waals surface area contributed by atoms with E-state index in [9.17, 15) is 4.79 Å². The van der Waals surface area contributed by atoms with Gasteiger partial charge in [0, 0.05) is 24.2 Å². The van der Waals surface area contributed by atoms with Gasteiger partial charge in [0.25, 0.3) is 5.91 Å². The Labute approximate surface area is 137 Å². The summed E-state index contributed by atoms with van der Waals surface area (Å²) in [6.45, 7) is 1.81. The third-order valence-corrected chi connectivity index (χ3v) is 5.28. The zero-order chi connectivity index (χ0) is 15.6. The summed E-state index contributed by atoms with van der Waals surface area (Å²) in [4.78, 5) is 20.3. The second-order valence-electron chi connectivity index (χ2n) is 6.84. The van der Waals surface area contributed by atoms with E-state index in [4.69, 9.17) is 4.98 Å². The highest BCUT2D eigenvalue weighted by Crippen LogP contribution is 2.30. The van der Waals surface area contributed by atoms with Crippen LogP contribution in [0.5, 0.6) is 0 Å². The lowest BCUT2D eigenvalue weighted by atomic mass is 9.95. The fourth-order valence-corrected chi connectivity index (χ4v) is 4.05. The summed E-state index contributed by atoms with van der Waals surface area (Å²) < 4.78 is 0. The van der Waals surface area contributed by atoms with Gasteiger partial charge in [-0.25, -0.2) is 0 Å². The van der Waals surface area contributed by atoms with Gasteiger partial charge in [-0.15, -0.1) is 0 Å². The molecule has 0 radical (unpaired) electrons. The van der Waals surface area contributed by atoms with E-state index in [0.29, 0.717) is 0 Å². The molecule has 3 nitrogen and oxygen atoms in total. The molecule has 1 aromatic carbocycles. The molecule has 2 aromatic rings. The topological polar surface area (TPSA) is 33.2 Å². The van der Waals surface area contributed by atoms with E-state index in [1.165, 1.54) is 36.9 Å². The van der Waals surface area contributed by atoms with Crippen LogP contribution in [0.25, 0.3) is 10.9 Å². The first-order chi connectivity index (χ1) is 11.3. The van der Waals surface area contributed by atoms with Crippen molar-refractivity contribution in [2.45, 2.75) is 51.4 Å². The highest BCUT2D eigenvalue weighted by Gasteiger charge is 2.26. The molecule has 1 aliphatic heterocycles. The number of carbonyl (C=O) groups excluding carboxylic acids is 1. The quantitative estimate of drug-likeness (QED) is 0.742. The Kier molecular flexibility index (Phi) is 4.02. The number of carbonyl (C=O) groups is 1. The summed E-state index contributed by atoms with van der Waals surface area (Å²) in [5.74, 6) is 0.237. The number of fused-ring (bicyclic) bond motifs is 2. The van der Waals surface area contributed by atoms with Crippen molar-refractivity contribution >= 4 is 16.8 Å². The monoisotopic (exact) mass is 308 g/mol. The van der Waals surface area contributed by atoms with Crippen molar-refractivity contribution in [3.8, 4) is 0 Å². The summed E-state index contributed by atoms with van der Waals surface area (Å²) in [6.07, 6.45) is 9.14. The molecule has 4 rings (SSSR count). The number of pyridine rings is 1. The lowest BCUT2D eigenvalue weighted by molar-refractivity contribution is 0.0725. The standard InChI is InChI=1S/C20H24N2O/c23-20(22-13-7-2-8-14-22)19-15-9-3-1-4-11-17(15)21-18-12-6-5-10-16(18)19/h5-6,10,12H,1-4,7-9,11,13-14H2. The van der Waals surface area contributed by atoms with Gasteiger partial charge in [-0.3, -0.25) is 9.78 Å². The van der Waals surface area contributed by atoms with E-state index < -0.39 is 0 Å². The van der Waals surface area contributed by atoms with Crippen molar-refractivity contribution in [3.63, 3.8) is 0 Å². The van der Waals surface area contributed by atoms with Crippen molar-refractivity contribution in [3.05, 3.63) is 41.1 Å². The van der Waals surface area contributed by atoms with Gasteiger partial charge in [0.2, 0.25) is 0 Å². The van der Waals surface area contributed by atoms with Gasteiger partial charge in [-0.2, -0.15) is 0 Å². The van der Waals surface area contributed by atoms with Crippen LogP contribution < -0.4 is 0 Å². The predicted molar refractivity (Wildman–Crippen MR) is 92.8 cm³/mol. The van der Waals surface area contributed by atoms with Gasteiger partial charge in [-0.05, 0) is 56.6 Å². The molecule has 0 saturated carbocycles. The van der Waals surface area contributed by atoms with Gasteiger partial charge < -0.3 is 4.90 Å². The average molecular weight is 308 g/mol. The third-order valence-electron chi connectivity index (χ3n) is 5.28. The Balaban J connectivity index is 1.88. The highest BCUT2D eigenvalue weighted by atomic mass is 16.2. The van der Waals surface area contributed by atoms with Crippen LogP contribution >= 0.6 is 0 Å². The maximum absolute atomic E-state index is 13.3. The summed E-state index contributed by atoms with van der Waals surface area (Å²) >= 11 is 0. The smallest absolute Gasteiger partial charge is 0.254 e. The maximum Gasteiger partial charge on any atom is 0.254 e. The van der Waals surface area contributed by atoms with E-state index in [2.05, 4.69) is 11.0 Å². The molecule has 0 bridgehead atoms. The largest absolute Gasteiger partial charge is 0.339 e. The van der Waals surface area contributed by atoms with E-state index in [0.717, 1.165) is 55.2 Å². The van der Waals surface area contributed by atoms with E-state index in [1.807, 2.05) is 18.2 Å². The van der Waals surface area contributed by atoms with Crippen LogP contribution in [-0.4, -0.2) is 28.9 Å². The van der Waals surface area contributed by atoms with Crippen molar-refractivity contribution in [2.75, 3.05) is 13.1 Å². The number of aryl methyl sites for hydroxylation is 1. The minimum atomic E-state index is 0.237. The van der Waals surface area contributed by atoms with Crippen molar-refractivity contribution < 1.29 is 4.79 Å². The number of rotatable bonds is 1. The van der Waals surface area contributed by atoms with Crippen LogP contribution in [0.3, 0.4) is 0 Å². The molecule has 0 unspecified atom stereocenters. The molecule has 1 saturated heterocycles. The minimum absolute atomic E-state index is 0.237. The van der Waals surface area contributed by atoms with Crippen LogP contribution in [0.15, 0.2) is 24.3 Å². The Hall–Kier alpha value is -1.90. The van der Waals surface area contributed by atoms with Crippen LogP contribution in [0.1, 0.15) is 60.1 Å². The van der Waals surface area contributed by atoms with Crippen LogP contribution in [0, 0.1) is 0 Å². The zero-order valence-corrected chi connectivity index (χ0v) is 13.7. The van der Waals surface area contributed by atoms with Gasteiger partial charge in [-0.1, -0.05) is 24.6 Å². The van der Waals surface area contributed by atoms with Gasteiger partial charge >= 0.3 is 0 Å². The van der Waals surface area contributed by atoms with E-state index in [-0.39, 0.29) is 5.91 Å². The fourth-order valence-electron chi connectivity index (χ4n) is 4.05. The van der Waals surface area contributed by atoms with Crippen molar-refractivity contribution in [2.24, 2.45) is 0 Å². The predicted octanol–water partition coefficient (Wildman–Crippen LogP) is 4.13. The first-order valence-corrected chi connectivity index (χ1v) is 9.04. The third kappa shape index (κ3) is 2.73. The number of hydrogen-bond acceptors (Lipinski definition) is 2. The maximum atomic E-state index is 13.3. The highest BCUT2D eigenvalue weighted by molar-refractivity contribution is 6.07. The lowest BCUT2D eigenvalue weighted by Gasteiger charge is -2.28. The first-order valence-electron chi connectivity index (χ1n) is 9.04. The molecule has 1 amide bonds. The summed E-state index contributed by atoms with van der Waals surface area (Å²) in [5, 5.41) is 1.05. The molecule has 1 fully saturated rings. The number of likely N-dealkylation sites (tertiary alicyclic amines) is 1. The number of piperidine rings is 1. The van der Waals surface area contributed by atoms with Crippen LogP contribution in [0.4, 0.5) is 0 Å². The van der Waals surface area contributed by atoms with Crippen molar-refractivity contribution in [1.82, 2.24) is 9.88 Å². The molecule has 2 aliphatic rings. The number of nitrogens with zero attached hydrogens (tertiary/aromatic N) is 2. The molecule has 3 heteroatoms. The molecular weight excluding hydrogens is 284 g/mol. The number of aromatic nitrogens is 1. The number of benzene rings is 1. The van der Waals surface area contributed by atoms with Gasteiger partial charge in [0.05, 0.1) is 11.1 Å². The Morgan fingerprint density at radius 2 is 1.65 bits per heavy atom. The molecule has 0 N–H and O–H groups in total. The summed E-state index contributed by atoms with van der Waals surface area (Å²) in [7, 11) is 0. The van der Waals surface area contributed by atoms with E-state index >= 15 is 0 Å². The molecule has 1 aliphatic carbocycles. The average Bonchev–Trinajstić information content (AvgIpc) is 2.85. The van der Waals surface area contributed by atoms with Gasteiger partial charge in [0.15, 0.2) is 0 Å². The second kappa shape index (κ2) is 6.31. The molecule has 23 heavy (non-hydrogen) atoms.